The third kappa shape index (κ3) is 4.54. The summed E-state index contributed by atoms with van der Waals surface area (Å²) in [4.78, 5) is 5.10. The molecule has 3 aromatic carbocycles. The molecule has 2 heteroatoms. The highest BCUT2D eigenvalue weighted by molar-refractivity contribution is 7.73. The smallest absolute Gasteiger partial charge is 0.0573 e. The Morgan fingerprint density at radius 3 is 1.78 bits per heavy atom. The van der Waals surface area contributed by atoms with E-state index in [1.807, 2.05) is 0 Å². The van der Waals surface area contributed by atoms with E-state index in [-0.39, 0.29) is 0 Å². The van der Waals surface area contributed by atoms with Crippen molar-refractivity contribution >= 4 is 24.7 Å². The van der Waals surface area contributed by atoms with Gasteiger partial charge in [0, 0.05) is 11.9 Å². The second kappa shape index (κ2) is 9.11. The summed E-state index contributed by atoms with van der Waals surface area (Å²) in [5, 5.41) is 2.95. The second-order valence-electron chi connectivity index (χ2n) is 7.15. The lowest BCUT2D eigenvalue weighted by Crippen LogP contribution is -2.33. The SMILES string of the molecule is C(=NC1CCCCC1P(c1ccccc1)c1ccccc1)c1ccccc1. The van der Waals surface area contributed by atoms with Crippen LogP contribution in [0.3, 0.4) is 0 Å². The van der Waals surface area contributed by atoms with Gasteiger partial charge in [0.05, 0.1) is 6.04 Å². The summed E-state index contributed by atoms with van der Waals surface area (Å²) in [5.41, 5.74) is 1.81. The zero-order valence-electron chi connectivity index (χ0n) is 15.6. The molecule has 1 aliphatic rings. The van der Waals surface area contributed by atoms with Crippen molar-refractivity contribution in [1.82, 2.24) is 0 Å². The van der Waals surface area contributed by atoms with Crippen molar-refractivity contribution in [2.24, 2.45) is 4.99 Å². The van der Waals surface area contributed by atoms with E-state index in [9.17, 15) is 0 Å². The van der Waals surface area contributed by atoms with Gasteiger partial charge in [-0.3, -0.25) is 4.99 Å². The molecule has 1 nitrogen and oxygen atoms in total. The first-order chi connectivity index (χ1) is 13.4. The normalized spacial score (nSPS) is 20.2. The van der Waals surface area contributed by atoms with E-state index in [0.717, 1.165) is 0 Å². The van der Waals surface area contributed by atoms with Gasteiger partial charge in [-0.2, -0.15) is 0 Å². The van der Waals surface area contributed by atoms with E-state index >= 15 is 0 Å². The number of rotatable bonds is 5. The Balaban J connectivity index is 1.67. The van der Waals surface area contributed by atoms with Gasteiger partial charge < -0.3 is 0 Å². The molecule has 0 bridgehead atoms. The van der Waals surface area contributed by atoms with Crippen molar-refractivity contribution in [3.05, 3.63) is 96.6 Å². The van der Waals surface area contributed by atoms with Gasteiger partial charge in [-0.15, -0.1) is 0 Å². The van der Waals surface area contributed by atoms with E-state index in [1.165, 1.54) is 41.9 Å². The van der Waals surface area contributed by atoms with Gasteiger partial charge >= 0.3 is 0 Å². The number of benzene rings is 3. The van der Waals surface area contributed by atoms with Crippen molar-refractivity contribution < 1.29 is 0 Å². The van der Waals surface area contributed by atoms with Crippen molar-refractivity contribution in [1.29, 1.82) is 0 Å². The number of nitrogens with zero attached hydrogens (tertiary/aromatic N) is 1. The topological polar surface area (TPSA) is 12.4 Å². The van der Waals surface area contributed by atoms with Crippen molar-refractivity contribution in [2.45, 2.75) is 37.4 Å². The first-order valence-electron chi connectivity index (χ1n) is 9.89. The van der Waals surface area contributed by atoms with Gasteiger partial charge in [0.2, 0.25) is 0 Å². The van der Waals surface area contributed by atoms with Crippen LogP contribution in [0.1, 0.15) is 31.2 Å². The van der Waals surface area contributed by atoms with Crippen LogP contribution in [-0.2, 0) is 0 Å². The molecule has 0 spiro atoms. The minimum absolute atomic E-state index is 0.403. The van der Waals surface area contributed by atoms with E-state index in [1.54, 1.807) is 0 Å². The number of hydrogen-bond donors (Lipinski definition) is 0. The molecular weight excluding hydrogens is 345 g/mol. The molecule has 0 radical (unpaired) electrons. The molecule has 4 rings (SSSR count). The number of hydrogen-bond acceptors (Lipinski definition) is 1. The van der Waals surface area contributed by atoms with Gasteiger partial charge in [0.25, 0.3) is 0 Å². The Hall–Kier alpha value is -2.24. The Morgan fingerprint density at radius 1 is 0.667 bits per heavy atom. The minimum atomic E-state index is -0.403. The van der Waals surface area contributed by atoms with E-state index in [0.29, 0.717) is 11.7 Å². The molecule has 1 saturated carbocycles. The summed E-state index contributed by atoms with van der Waals surface area (Å²) in [6, 6.07) is 33.1. The Bertz CT molecular complexity index is 806. The standard InChI is InChI=1S/C25H26NP/c1-4-12-21(13-5-1)20-26-24-18-10-11-19-25(24)27(22-14-6-2-7-15-22)23-16-8-3-9-17-23/h1-9,12-17,20,24-25H,10-11,18-19H2. The fourth-order valence-corrected chi connectivity index (χ4v) is 7.06. The van der Waals surface area contributed by atoms with Gasteiger partial charge in [0.15, 0.2) is 0 Å². The van der Waals surface area contributed by atoms with Gasteiger partial charge in [-0.05, 0) is 36.9 Å². The molecule has 3 aromatic rings. The lowest BCUT2D eigenvalue weighted by Gasteiger charge is -2.36. The third-order valence-electron chi connectivity index (χ3n) is 5.31. The molecule has 2 unspecified atom stereocenters. The average molecular weight is 371 g/mol. The van der Waals surface area contributed by atoms with Crippen molar-refractivity contribution in [3.8, 4) is 0 Å². The third-order valence-corrected chi connectivity index (χ3v) is 8.28. The van der Waals surface area contributed by atoms with Gasteiger partial charge in [0.1, 0.15) is 0 Å². The fraction of sp³-hybridized carbons (Fsp3) is 0.240. The molecule has 136 valence electrons. The highest BCUT2D eigenvalue weighted by Crippen LogP contribution is 2.47. The van der Waals surface area contributed by atoms with Crippen LogP contribution in [0.15, 0.2) is 96.0 Å². The van der Waals surface area contributed by atoms with Crippen LogP contribution in [-0.4, -0.2) is 17.9 Å². The van der Waals surface area contributed by atoms with Crippen molar-refractivity contribution in [2.75, 3.05) is 0 Å². The molecule has 1 fully saturated rings. The lowest BCUT2D eigenvalue weighted by molar-refractivity contribution is 0.453. The maximum atomic E-state index is 5.10. The molecule has 0 N–H and O–H groups in total. The molecule has 0 heterocycles. The first-order valence-corrected chi connectivity index (χ1v) is 11.3. The van der Waals surface area contributed by atoms with Gasteiger partial charge in [-0.25, -0.2) is 0 Å². The summed E-state index contributed by atoms with van der Waals surface area (Å²) in [7, 11) is -0.403. The van der Waals surface area contributed by atoms with Crippen LogP contribution < -0.4 is 10.6 Å². The largest absolute Gasteiger partial charge is 0.289 e. The van der Waals surface area contributed by atoms with Crippen LogP contribution in [0.2, 0.25) is 0 Å². The van der Waals surface area contributed by atoms with E-state index in [2.05, 4.69) is 97.2 Å². The van der Waals surface area contributed by atoms with E-state index in [4.69, 9.17) is 4.99 Å². The van der Waals surface area contributed by atoms with Crippen LogP contribution in [0.25, 0.3) is 0 Å². The summed E-state index contributed by atoms with van der Waals surface area (Å²) >= 11 is 0. The zero-order chi connectivity index (χ0) is 18.3. The number of aliphatic imine (C=N–C) groups is 1. The second-order valence-corrected chi connectivity index (χ2v) is 9.59. The molecule has 0 amide bonds. The molecule has 0 aromatic heterocycles. The summed E-state index contributed by atoms with van der Waals surface area (Å²) < 4.78 is 0. The Kier molecular flexibility index (Phi) is 6.12. The molecular formula is C25H26NP. The Morgan fingerprint density at radius 2 is 1.19 bits per heavy atom. The van der Waals surface area contributed by atoms with Crippen LogP contribution in [0, 0.1) is 0 Å². The van der Waals surface area contributed by atoms with Gasteiger partial charge in [-0.1, -0.05) is 104 Å². The summed E-state index contributed by atoms with van der Waals surface area (Å²) in [6.45, 7) is 0. The highest BCUT2D eigenvalue weighted by Gasteiger charge is 2.33. The summed E-state index contributed by atoms with van der Waals surface area (Å²) in [6.07, 6.45) is 7.17. The van der Waals surface area contributed by atoms with Crippen LogP contribution in [0.4, 0.5) is 0 Å². The predicted molar refractivity (Wildman–Crippen MR) is 119 cm³/mol. The lowest BCUT2D eigenvalue weighted by atomic mass is 9.95. The van der Waals surface area contributed by atoms with Crippen LogP contribution >= 0.6 is 7.92 Å². The Labute approximate surface area is 163 Å². The molecule has 27 heavy (non-hydrogen) atoms. The fourth-order valence-electron chi connectivity index (χ4n) is 4.00. The highest BCUT2D eigenvalue weighted by atomic mass is 31.1. The zero-order valence-corrected chi connectivity index (χ0v) is 16.5. The molecule has 1 aliphatic carbocycles. The predicted octanol–water partition coefficient (Wildman–Crippen LogP) is 5.55. The monoisotopic (exact) mass is 371 g/mol. The molecule has 2 atom stereocenters. The quantitative estimate of drug-likeness (QED) is 0.412. The molecule has 0 saturated heterocycles. The van der Waals surface area contributed by atoms with Crippen LogP contribution in [0.5, 0.6) is 0 Å². The average Bonchev–Trinajstić information content (AvgIpc) is 2.76. The summed E-state index contributed by atoms with van der Waals surface area (Å²) in [5.74, 6) is 0. The first kappa shape index (κ1) is 18.1. The van der Waals surface area contributed by atoms with Crippen molar-refractivity contribution in [3.63, 3.8) is 0 Å². The maximum absolute atomic E-state index is 5.10. The molecule has 0 aliphatic heterocycles. The van der Waals surface area contributed by atoms with E-state index < -0.39 is 7.92 Å². The maximum Gasteiger partial charge on any atom is 0.0573 e. The minimum Gasteiger partial charge on any atom is -0.289 e.